The van der Waals surface area contributed by atoms with E-state index in [-0.39, 0.29) is 17.6 Å². The third-order valence-corrected chi connectivity index (χ3v) is 4.73. The molecule has 0 heterocycles. The summed E-state index contributed by atoms with van der Waals surface area (Å²) < 4.78 is 5.81. The van der Waals surface area contributed by atoms with Crippen LogP contribution in [0.4, 0.5) is 5.69 Å². The third-order valence-electron chi connectivity index (χ3n) is 4.73. The fraction of sp³-hybridized carbons (Fsp3) is 0.208. The van der Waals surface area contributed by atoms with E-state index < -0.39 is 4.92 Å². The molecule has 0 aromatic heterocycles. The molecule has 0 unspecified atom stereocenters. The SMILES string of the molecule is CC(C)N(Cc1ccc(OCc2ccccc2)cc1)C(=O)c1ccc([N+](=O)[O-])cc1. The van der Waals surface area contributed by atoms with E-state index >= 15 is 0 Å². The van der Waals surface area contributed by atoms with Crippen LogP contribution in [0, 0.1) is 10.1 Å². The van der Waals surface area contributed by atoms with Crippen molar-refractivity contribution in [3.8, 4) is 5.75 Å². The zero-order chi connectivity index (χ0) is 21.5. The molecular formula is C24H24N2O4. The highest BCUT2D eigenvalue weighted by Crippen LogP contribution is 2.19. The van der Waals surface area contributed by atoms with Gasteiger partial charge in [-0.3, -0.25) is 14.9 Å². The van der Waals surface area contributed by atoms with Gasteiger partial charge in [-0.2, -0.15) is 0 Å². The first kappa shape index (κ1) is 21.0. The Bertz CT molecular complexity index is 984. The molecule has 0 N–H and O–H groups in total. The summed E-state index contributed by atoms with van der Waals surface area (Å²) in [5.74, 6) is 0.602. The number of rotatable bonds is 8. The molecule has 0 fully saturated rings. The lowest BCUT2D eigenvalue weighted by Crippen LogP contribution is -2.36. The van der Waals surface area contributed by atoms with E-state index in [0.717, 1.165) is 16.9 Å². The monoisotopic (exact) mass is 404 g/mol. The lowest BCUT2D eigenvalue weighted by molar-refractivity contribution is -0.384. The van der Waals surface area contributed by atoms with Crippen LogP contribution in [0.3, 0.4) is 0 Å². The van der Waals surface area contributed by atoms with Crippen molar-refractivity contribution in [1.29, 1.82) is 0 Å². The number of nitro groups is 1. The molecule has 0 atom stereocenters. The fourth-order valence-corrected chi connectivity index (χ4v) is 3.01. The Balaban J connectivity index is 1.65. The van der Waals surface area contributed by atoms with Gasteiger partial charge in [-0.1, -0.05) is 42.5 Å². The van der Waals surface area contributed by atoms with Crippen molar-refractivity contribution in [3.63, 3.8) is 0 Å². The molecule has 1 amide bonds. The second-order valence-corrected chi connectivity index (χ2v) is 7.25. The summed E-state index contributed by atoms with van der Waals surface area (Å²) >= 11 is 0. The predicted molar refractivity (Wildman–Crippen MR) is 115 cm³/mol. The number of non-ortho nitro benzene ring substituents is 1. The summed E-state index contributed by atoms with van der Waals surface area (Å²) in [4.78, 5) is 25.0. The van der Waals surface area contributed by atoms with Gasteiger partial charge in [-0.25, -0.2) is 0 Å². The third kappa shape index (κ3) is 5.44. The predicted octanol–water partition coefficient (Wildman–Crippen LogP) is 5.22. The molecule has 0 saturated heterocycles. The number of ether oxygens (including phenoxy) is 1. The van der Waals surface area contributed by atoms with Gasteiger partial charge in [0.25, 0.3) is 11.6 Å². The van der Waals surface area contributed by atoms with Crippen LogP contribution in [-0.4, -0.2) is 21.8 Å². The number of benzene rings is 3. The molecule has 0 spiro atoms. The highest BCUT2D eigenvalue weighted by Gasteiger charge is 2.20. The molecule has 3 aromatic rings. The first-order valence-electron chi connectivity index (χ1n) is 9.75. The Morgan fingerprint density at radius 1 is 0.933 bits per heavy atom. The highest BCUT2D eigenvalue weighted by molar-refractivity contribution is 5.94. The quantitative estimate of drug-likeness (QED) is 0.381. The fourth-order valence-electron chi connectivity index (χ4n) is 3.01. The van der Waals surface area contributed by atoms with Crippen molar-refractivity contribution in [2.24, 2.45) is 0 Å². The Hall–Kier alpha value is -3.67. The van der Waals surface area contributed by atoms with Gasteiger partial charge < -0.3 is 9.64 Å². The van der Waals surface area contributed by atoms with Crippen molar-refractivity contribution in [1.82, 2.24) is 4.90 Å². The molecule has 3 aromatic carbocycles. The largest absolute Gasteiger partial charge is 0.489 e. The number of hydrogen-bond acceptors (Lipinski definition) is 4. The van der Waals surface area contributed by atoms with Crippen LogP contribution in [0.25, 0.3) is 0 Å². The van der Waals surface area contributed by atoms with Crippen LogP contribution in [0.2, 0.25) is 0 Å². The summed E-state index contributed by atoms with van der Waals surface area (Å²) in [7, 11) is 0. The van der Waals surface area contributed by atoms with E-state index in [0.29, 0.717) is 18.7 Å². The standard InChI is InChI=1S/C24H24N2O4/c1-18(2)25(24(27)21-10-12-22(13-11-21)26(28)29)16-19-8-14-23(15-9-19)30-17-20-6-4-3-5-7-20/h3-15,18H,16-17H2,1-2H3. The Morgan fingerprint density at radius 2 is 1.57 bits per heavy atom. The minimum Gasteiger partial charge on any atom is -0.489 e. The average Bonchev–Trinajstić information content (AvgIpc) is 2.77. The van der Waals surface area contributed by atoms with Crippen molar-refractivity contribution in [2.45, 2.75) is 33.0 Å². The van der Waals surface area contributed by atoms with Crippen LogP contribution >= 0.6 is 0 Å². The molecular weight excluding hydrogens is 380 g/mol. The van der Waals surface area contributed by atoms with E-state index in [2.05, 4.69) is 0 Å². The molecule has 0 aliphatic carbocycles. The minimum atomic E-state index is -0.476. The lowest BCUT2D eigenvalue weighted by Gasteiger charge is -2.27. The van der Waals surface area contributed by atoms with Gasteiger partial charge in [0.15, 0.2) is 0 Å². The zero-order valence-corrected chi connectivity index (χ0v) is 17.0. The average molecular weight is 404 g/mol. The maximum Gasteiger partial charge on any atom is 0.269 e. The van der Waals surface area contributed by atoms with E-state index in [1.54, 1.807) is 4.90 Å². The van der Waals surface area contributed by atoms with E-state index in [9.17, 15) is 14.9 Å². The number of hydrogen-bond donors (Lipinski definition) is 0. The molecule has 3 rings (SSSR count). The van der Waals surface area contributed by atoms with Crippen molar-refractivity contribution in [2.75, 3.05) is 0 Å². The topological polar surface area (TPSA) is 72.7 Å². The van der Waals surface area contributed by atoms with Crippen molar-refractivity contribution in [3.05, 3.63) is 106 Å². The maximum absolute atomic E-state index is 12.9. The smallest absolute Gasteiger partial charge is 0.269 e. The number of nitrogens with zero attached hydrogens (tertiary/aromatic N) is 2. The summed E-state index contributed by atoms with van der Waals surface area (Å²) in [6, 6.07) is 23.3. The van der Waals surface area contributed by atoms with Gasteiger partial charge in [-0.05, 0) is 49.2 Å². The van der Waals surface area contributed by atoms with Crippen LogP contribution in [0.5, 0.6) is 5.75 Å². The second kappa shape index (κ2) is 9.69. The molecule has 0 aliphatic rings. The van der Waals surface area contributed by atoms with Gasteiger partial charge in [0.1, 0.15) is 12.4 Å². The summed E-state index contributed by atoms with van der Waals surface area (Å²) in [6.07, 6.45) is 0. The number of nitro benzene ring substituents is 1. The normalized spacial score (nSPS) is 10.6. The minimum absolute atomic E-state index is 0.0262. The maximum atomic E-state index is 12.9. The molecule has 154 valence electrons. The molecule has 0 saturated carbocycles. The molecule has 0 radical (unpaired) electrons. The van der Waals surface area contributed by atoms with Crippen LogP contribution in [0.1, 0.15) is 35.3 Å². The van der Waals surface area contributed by atoms with E-state index in [1.807, 2.05) is 68.4 Å². The van der Waals surface area contributed by atoms with Gasteiger partial charge in [0, 0.05) is 30.3 Å². The van der Waals surface area contributed by atoms with Gasteiger partial charge in [-0.15, -0.1) is 0 Å². The molecule has 6 nitrogen and oxygen atoms in total. The van der Waals surface area contributed by atoms with Gasteiger partial charge in [0.2, 0.25) is 0 Å². The Morgan fingerprint density at radius 3 is 2.13 bits per heavy atom. The number of carbonyl (C=O) groups is 1. The first-order chi connectivity index (χ1) is 14.4. The van der Waals surface area contributed by atoms with E-state index in [1.165, 1.54) is 24.3 Å². The molecule has 0 aliphatic heterocycles. The first-order valence-corrected chi connectivity index (χ1v) is 9.75. The van der Waals surface area contributed by atoms with Crippen LogP contribution in [0.15, 0.2) is 78.9 Å². The second-order valence-electron chi connectivity index (χ2n) is 7.25. The van der Waals surface area contributed by atoms with Crippen molar-refractivity contribution >= 4 is 11.6 Å². The Labute approximate surface area is 175 Å². The highest BCUT2D eigenvalue weighted by atomic mass is 16.6. The van der Waals surface area contributed by atoms with Crippen molar-refractivity contribution < 1.29 is 14.5 Å². The van der Waals surface area contributed by atoms with Gasteiger partial charge >= 0.3 is 0 Å². The molecule has 6 heteroatoms. The van der Waals surface area contributed by atoms with Crippen LogP contribution in [-0.2, 0) is 13.2 Å². The summed E-state index contributed by atoms with van der Waals surface area (Å²) in [6.45, 7) is 4.82. The lowest BCUT2D eigenvalue weighted by atomic mass is 10.1. The number of carbonyl (C=O) groups excluding carboxylic acids is 1. The Kier molecular flexibility index (Phi) is 6.80. The zero-order valence-electron chi connectivity index (χ0n) is 17.0. The van der Waals surface area contributed by atoms with Gasteiger partial charge in [0.05, 0.1) is 4.92 Å². The molecule has 30 heavy (non-hydrogen) atoms. The number of amides is 1. The van der Waals surface area contributed by atoms with Crippen LogP contribution < -0.4 is 4.74 Å². The van der Waals surface area contributed by atoms with E-state index in [4.69, 9.17) is 4.74 Å². The summed E-state index contributed by atoms with van der Waals surface area (Å²) in [5.41, 5.74) is 2.47. The summed E-state index contributed by atoms with van der Waals surface area (Å²) in [5, 5.41) is 10.8. The molecule has 0 bridgehead atoms.